The van der Waals surface area contributed by atoms with E-state index in [9.17, 15) is 4.79 Å². The molecule has 1 aliphatic rings. The average Bonchev–Trinajstić information content (AvgIpc) is 2.18. The molecular weight excluding hydrogens is 188 g/mol. The van der Waals surface area contributed by atoms with Crippen molar-refractivity contribution in [3.05, 3.63) is 0 Å². The van der Waals surface area contributed by atoms with Crippen molar-refractivity contribution in [1.82, 2.24) is 9.80 Å². The lowest BCUT2D eigenvalue weighted by molar-refractivity contribution is -0.133. The number of likely N-dealkylation sites (N-methyl/N-ethyl adjacent to an activating group) is 1. The molecule has 0 N–H and O–H groups in total. The number of amides is 1. The molecule has 0 unspecified atom stereocenters. The Bertz CT molecular complexity index is 208. The Morgan fingerprint density at radius 2 is 1.93 bits per heavy atom. The van der Waals surface area contributed by atoms with E-state index in [1.54, 1.807) is 0 Å². The molecule has 0 saturated carbocycles. The molecule has 1 heterocycles. The zero-order chi connectivity index (χ0) is 11.4. The minimum Gasteiger partial charge on any atom is -0.342 e. The summed E-state index contributed by atoms with van der Waals surface area (Å²) in [6.07, 6.45) is 2.33. The van der Waals surface area contributed by atoms with Crippen LogP contribution in [0, 0.1) is 5.92 Å². The van der Waals surface area contributed by atoms with Crippen LogP contribution in [0.3, 0.4) is 0 Å². The van der Waals surface area contributed by atoms with Gasteiger partial charge in [0.25, 0.3) is 0 Å². The summed E-state index contributed by atoms with van der Waals surface area (Å²) in [5.74, 6) is 1.08. The number of likely N-dealkylation sites (tertiary alicyclic amines) is 1. The summed E-state index contributed by atoms with van der Waals surface area (Å²) < 4.78 is 0. The van der Waals surface area contributed by atoms with Crippen molar-refractivity contribution >= 4 is 5.91 Å². The van der Waals surface area contributed by atoms with Crippen LogP contribution >= 0.6 is 0 Å². The third kappa shape index (κ3) is 3.82. The van der Waals surface area contributed by atoms with Gasteiger partial charge in [0.15, 0.2) is 0 Å². The Balaban J connectivity index is 2.34. The van der Waals surface area contributed by atoms with Gasteiger partial charge in [-0.15, -0.1) is 0 Å². The minimum atomic E-state index is 0.290. The summed E-state index contributed by atoms with van der Waals surface area (Å²) >= 11 is 0. The molecule has 88 valence electrons. The van der Waals surface area contributed by atoms with E-state index in [1.807, 2.05) is 11.9 Å². The molecule has 0 aromatic heterocycles. The lowest BCUT2D eigenvalue weighted by atomic mass is 9.99. The first kappa shape index (κ1) is 12.5. The third-order valence-corrected chi connectivity index (χ3v) is 3.40. The van der Waals surface area contributed by atoms with Crippen LogP contribution in [0.25, 0.3) is 0 Å². The average molecular weight is 212 g/mol. The van der Waals surface area contributed by atoms with Crippen molar-refractivity contribution in [3.63, 3.8) is 0 Å². The number of piperidine rings is 1. The topological polar surface area (TPSA) is 23.6 Å². The summed E-state index contributed by atoms with van der Waals surface area (Å²) in [7, 11) is 2.01. The molecule has 0 atom stereocenters. The summed E-state index contributed by atoms with van der Waals surface area (Å²) in [5.41, 5.74) is 0. The first-order chi connectivity index (χ1) is 7.00. The van der Waals surface area contributed by atoms with Crippen LogP contribution < -0.4 is 0 Å². The maximum absolute atomic E-state index is 11.9. The summed E-state index contributed by atoms with van der Waals surface area (Å²) in [6.45, 7) is 8.96. The lowest BCUT2D eigenvalue weighted by Gasteiger charge is -2.32. The Hall–Kier alpha value is -0.570. The zero-order valence-corrected chi connectivity index (χ0v) is 10.5. The molecule has 0 radical (unpaired) electrons. The van der Waals surface area contributed by atoms with Crippen LogP contribution in [-0.4, -0.2) is 48.4 Å². The van der Waals surface area contributed by atoms with Crippen LogP contribution in [0.4, 0.5) is 0 Å². The highest BCUT2D eigenvalue weighted by atomic mass is 16.2. The second-order valence-electron chi connectivity index (χ2n) is 5.07. The Kier molecular flexibility index (Phi) is 4.58. The molecule has 0 bridgehead atoms. The van der Waals surface area contributed by atoms with Crippen molar-refractivity contribution in [3.8, 4) is 0 Å². The van der Waals surface area contributed by atoms with Crippen molar-refractivity contribution in [2.75, 3.05) is 26.7 Å². The smallest absolute Gasteiger partial charge is 0.236 e. The van der Waals surface area contributed by atoms with Gasteiger partial charge in [0.05, 0.1) is 6.54 Å². The van der Waals surface area contributed by atoms with E-state index >= 15 is 0 Å². The minimum absolute atomic E-state index is 0.290. The highest BCUT2D eigenvalue weighted by Crippen LogP contribution is 2.16. The summed E-state index contributed by atoms with van der Waals surface area (Å²) in [5, 5.41) is 0. The van der Waals surface area contributed by atoms with Gasteiger partial charge in [0.1, 0.15) is 0 Å². The maximum atomic E-state index is 11.9. The zero-order valence-electron chi connectivity index (χ0n) is 10.5. The van der Waals surface area contributed by atoms with Crippen LogP contribution in [0.1, 0.15) is 33.6 Å². The molecule has 1 fully saturated rings. The molecule has 1 aliphatic heterocycles. The van der Waals surface area contributed by atoms with Crippen LogP contribution in [0.15, 0.2) is 0 Å². The highest BCUT2D eigenvalue weighted by Gasteiger charge is 2.21. The summed E-state index contributed by atoms with van der Waals surface area (Å²) in [6, 6.07) is 0.442. The van der Waals surface area contributed by atoms with E-state index in [0.29, 0.717) is 12.6 Å². The highest BCUT2D eigenvalue weighted by molar-refractivity contribution is 5.78. The van der Waals surface area contributed by atoms with E-state index in [0.717, 1.165) is 31.8 Å². The van der Waals surface area contributed by atoms with Gasteiger partial charge in [0.2, 0.25) is 5.91 Å². The maximum Gasteiger partial charge on any atom is 0.236 e. The molecule has 15 heavy (non-hydrogen) atoms. The Labute approximate surface area is 93.4 Å². The van der Waals surface area contributed by atoms with Crippen LogP contribution in [-0.2, 0) is 4.79 Å². The fraction of sp³-hybridized carbons (Fsp3) is 0.917. The number of hydrogen-bond acceptors (Lipinski definition) is 2. The number of hydrogen-bond donors (Lipinski definition) is 0. The van der Waals surface area contributed by atoms with E-state index in [2.05, 4.69) is 25.7 Å². The quantitative estimate of drug-likeness (QED) is 0.709. The van der Waals surface area contributed by atoms with Gasteiger partial charge < -0.3 is 4.90 Å². The second-order valence-corrected chi connectivity index (χ2v) is 5.07. The van der Waals surface area contributed by atoms with Crippen molar-refractivity contribution in [2.45, 2.75) is 39.7 Å². The predicted octanol–water partition coefficient (Wildman–Crippen LogP) is 1.59. The van der Waals surface area contributed by atoms with Gasteiger partial charge in [-0.2, -0.15) is 0 Å². The van der Waals surface area contributed by atoms with Gasteiger partial charge in [-0.25, -0.2) is 0 Å². The molecule has 1 rings (SSSR count). The van der Waals surface area contributed by atoms with Gasteiger partial charge in [-0.3, -0.25) is 9.69 Å². The monoisotopic (exact) mass is 212 g/mol. The molecule has 1 amide bonds. The van der Waals surface area contributed by atoms with E-state index < -0.39 is 0 Å². The third-order valence-electron chi connectivity index (χ3n) is 3.40. The number of nitrogens with zero attached hydrogens (tertiary/aromatic N) is 2. The van der Waals surface area contributed by atoms with Crippen LogP contribution in [0.5, 0.6) is 0 Å². The SMILES string of the molecule is CC1CCN(C(=O)CN(C)C(C)C)CC1. The number of carbonyl (C=O) groups is 1. The molecule has 0 aliphatic carbocycles. The molecule has 1 saturated heterocycles. The fourth-order valence-electron chi connectivity index (χ4n) is 1.75. The largest absolute Gasteiger partial charge is 0.342 e. The first-order valence-electron chi connectivity index (χ1n) is 5.98. The van der Waals surface area contributed by atoms with Crippen LogP contribution in [0.2, 0.25) is 0 Å². The Morgan fingerprint density at radius 3 is 2.40 bits per heavy atom. The van der Waals surface area contributed by atoms with Gasteiger partial charge >= 0.3 is 0 Å². The molecule has 3 heteroatoms. The van der Waals surface area contributed by atoms with E-state index in [1.165, 1.54) is 0 Å². The van der Waals surface area contributed by atoms with Crippen molar-refractivity contribution < 1.29 is 4.79 Å². The molecule has 0 aromatic carbocycles. The second kappa shape index (κ2) is 5.50. The van der Waals surface area contributed by atoms with Gasteiger partial charge in [-0.1, -0.05) is 6.92 Å². The lowest BCUT2D eigenvalue weighted by Crippen LogP contribution is -2.44. The number of rotatable bonds is 3. The molecule has 3 nitrogen and oxygen atoms in total. The molecular formula is C12H24N2O. The number of carbonyl (C=O) groups excluding carboxylic acids is 1. The fourth-order valence-corrected chi connectivity index (χ4v) is 1.75. The molecule has 0 aromatic rings. The van der Waals surface area contributed by atoms with Gasteiger partial charge in [-0.05, 0) is 39.7 Å². The summed E-state index contributed by atoms with van der Waals surface area (Å²) in [4.78, 5) is 16.0. The van der Waals surface area contributed by atoms with Gasteiger partial charge in [0, 0.05) is 19.1 Å². The first-order valence-corrected chi connectivity index (χ1v) is 5.98. The predicted molar refractivity (Wildman–Crippen MR) is 62.7 cm³/mol. The van der Waals surface area contributed by atoms with E-state index in [-0.39, 0.29) is 5.91 Å². The van der Waals surface area contributed by atoms with Crippen molar-refractivity contribution in [1.29, 1.82) is 0 Å². The van der Waals surface area contributed by atoms with Crippen molar-refractivity contribution in [2.24, 2.45) is 5.92 Å². The van der Waals surface area contributed by atoms with E-state index in [4.69, 9.17) is 0 Å². The molecule has 0 spiro atoms. The normalized spacial score (nSPS) is 18.9. The standard InChI is InChI=1S/C12H24N2O/c1-10(2)13(4)9-12(15)14-7-5-11(3)6-8-14/h10-11H,5-9H2,1-4H3. The Morgan fingerprint density at radius 1 is 1.40 bits per heavy atom.